The average molecular weight is 970 g/mol. The van der Waals surface area contributed by atoms with Crippen LogP contribution in [0, 0.1) is 17.8 Å². The van der Waals surface area contributed by atoms with E-state index in [1.165, 1.54) is 14.0 Å². The molecule has 65 heavy (non-hydrogen) atoms. The third-order valence-corrected chi connectivity index (χ3v) is 17.0. The van der Waals surface area contributed by atoms with Crippen LogP contribution in [0.5, 0.6) is 17.2 Å². The molecule has 1 aromatic rings. The number of allylic oxidation sites excluding steroid dienone is 4. The summed E-state index contributed by atoms with van der Waals surface area (Å²) in [6, 6.07) is -0.818. The van der Waals surface area contributed by atoms with E-state index in [4.69, 9.17) is 28.2 Å². The number of nitrogens with zero attached hydrogens (tertiary/aromatic N) is 1. The van der Waals surface area contributed by atoms with E-state index < -0.39 is 87.2 Å². The van der Waals surface area contributed by atoms with E-state index in [9.17, 15) is 38.1 Å². The Kier molecular flexibility index (Phi) is 13.2. The molecule has 3 saturated carbocycles. The van der Waals surface area contributed by atoms with Gasteiger partial charge in [-0.05, 0) is 93.2 Å². The minimum atomic E-state index is -6.03. The summed E-state index contributed by atoms with van der Waals surface area (Å²) in [6.45, 7) is 15.9. The first-order valence-electron chi connectivity index (χ1n) is 21.4. The number of carbonyl (C=O) groups excluding carboxylic acids is 3. The zero-order valence-electron chi connectivity index (χ0n) is 37.9. The van der Waals surface area contributed by atoms with E-state index in [0.29, 0.717) is 44.7 Å². The molecule has 4 heterocycles. The number of hydrogen-bond donors (Lipinski definition) is 4. The summed E-state index contributed by atoms with van der Waals surface area (Å²) >= 11 is 0. The Hall–Kier alpha value is -3.28. The van der Waals surface area contributed by atoms with Gasteiger partial charge in [-0.1, -0.05) is 29.4 Å². The molecule has 5 fully saturated rings. The highest BCUT2D eigenvalue weighted by Gasteiger charge is 2.86. The van der Waals surface area contributed by atoms with Gasteiger partial charge in [-0.25, -0.2) is 18.5 Å². The Labute approximate surface area is 377 Å². The van der Waals surface area contributed by atoms with Gasteiger partial charge in [0.2, 0.25) is 0 Å². The van der Waals surface area contributed by atoms with Crippen molar-refractivity contribution in [2.24, 2.45) is 17.8 Å². The summed E-state index contributed by atoms with van der Waals surface area (Å²) in [5, 5.41) is 0. The van der Waals surface area contributed by atoms with Crippen molar-refractivity contribution >= 4 is 47.1 Å². The normalized spacial score (nSPS) is 31.9. The summed E-state index contributed by atoms with van der Waals surface area (Å²) in [7, 11) is -16.6. The molecule has 2 saturated heterocycles. The topological polar surface area (TPSA) is 260 Å². The maximum Gasteiger partial charge on any atom is 0.536 e. The van der Waals surface area contributed by atoms with E-state index >= 15 is 9.59 Å². The maximum atomic E-state index is 16.2. The van der Waals surface area contributed by atoms with Crippen molar-refractivity contribution in [2.45, 2.75) is 116 Å². The Bertz CT molecular complexity index is 2440. The van der Waals surface area contributed by atoms with Crippen LogP contribution in [-0.2, 0) is 52.5 Å². The fourth-order valence-corrected chi connectivity index (χ4v) is 13.8. The maximum absolute atomic E-state index is 16.2. The average Bonchev–Trinajstić information content (AvgIpc) is 3.33. The first-order valence-corrected chi connectivity index (χ1v) is 25.9. The molecule has 4 bridgehead atoms. The van der Waals surface area contributed by atoms with Gasteiger partial charge < -0.3 is 42.9 Å². The zero-order valence-corrected chi connectivity index (χ0v) is 40.5. The zero-order chi connectivity index (χ0) is 47.9. The Morgan fingerprint density at radius 2 is 1.57 bits per heavy atom. The number of ketones is 2. The molecule has 22 heteroatoms. The van der Waals surface area contributed by atoms with Gasteiger partial charge in [0.25, 0.3) is 0 Å². The van der Waals surface area contributed by atoms with Gasteiger partial charge >= 0.3 is 29.4 Å². The predicted molar refractivity (Wildman–Crippen MR) is 233 cm³/mol. The fraction of sp³-hybridized carbons (Fsp3) is 0.605. The summed E-state index contributed by atoms with van der Waals surface area (Å²) in [4.78, 5) is 86.5. The number of rotatable bonds is 15. The molecule has 1 aromatic carbocycles. The van der Waals surface area contributed by atoms with Gasteiger partial charge in [-0.3, -0.25) is 19.4 Å². The second kappa shape index (κ2) is 17.4. The number of methoxy groups -OCH3 is 1. The lowest BCUT2D eigenvalue weighted by Gasteiger charge is -2.64. The Balaban J connectivity index is 1.54. The summed E-state index contributed by atoms with van der Waals surface area (Å²) in [6.07, 6.45) is 9.84. The smallest absolute Gasteiger partial charge is 0.482 e. The first-order chi connectivity index (χ1) is 30.1. The van der Waals surface area contributed by atoms with Crippen LogP contribution in [0.25, 0.3) is 6.08 Å². The fourth-order valence-electron chi connectivity index (χ4n) is 10.8. The van der Waals surface area contributed by atoms with Crippen molar-refractivity contribution in [1.82, 2.24) is 4.90 Å². The van der Waals surface area contributed by atoms with Gasteiger partial charge in [0.1, 0.15) is 22.7 Å². The molecule has 0 radical (unpaired) electrons. The van der Waals surface area contributed by atoms with E-state index in [0.717, 1.165) is 11.1 Å². The molecule has 358 valence electrons. The monoisotopic (exact) mass is 969 g/mol. The number of phosphoric ester groups is 1. The molecule has 7 aliphatic rings. The molecule has 3 aliphatic carbocycles. The van der Waals surface area contributed by atoms with Crippen molar-refractivity contribution in [3.8, 4) is 17.2 Å². The largest absolute Gasteiger partial charge is 0.536 e. The second-order valence-corrected chi connectivity index (χ2v) is 23.1. The Morgan fingerprint density at radius 1 is 0.908 bits per heavy atom. The van der Waals surface area contributed by atoms with Crippen LogP contribution in [0.4, 0.5) is 0 Å². The quantitative estimate of drug-likeness (QED) is 0.0615. The number of carbonyl (C=O) groups is 3. The second-order valence-electron chi connectivity index (χ2n) is 18.7. The lowest BCUT2D eigenvalue weighted by Crippen LogP contribution is -2.82. The van der Waals surface area contributed by atoms with E-state index in [2.05, 4.69) is 8.62 Å². The minimum absolute atomic E-state index is 0.0408. The number of phosphoric acid groups is 3. The number of benzene rings is 1. The predicted octanol–water partition coefficient (Wildman–Crippen LogP) is 6.72. The molecular weight excluding hydrogens is 911 g/mol. The van der Waals surface area contributed by atoms with Crippen LogP contribution >= 0.6 is 23.5 Å². The minimum Gasteiger partial charge on any atom is -0.482 e. The molecule has 0 aromatic heterocycles. The SMILES string of the molecule is COC(=O)/C(C)=C\CC12OC(C)(C)C3CC(C1=O)C(N1CCOCC1)C1C(=O)c4c(OP(=O)(O)OP(=O)(O)OP(=O)(O)O)c5c(c(CC=C(C)C)c4OC132)OC(C)(CCC=C(C)C)C=C5. The number of fused-ring (bicyclic) bond motifs is 2. The van der Waals surface area contributed by atoms with Crippen LogP contribution < -0.4 is 14.0 Å². The lowest BCUT2D eigenvalue weighted by molar-refractivity contribution is -0.216. The van der Waals surface area contributed by atoms with Gasteiger partial charge in [-0.2, -0.15) is 8.62 Å². The first kappa shape index (κ1) is 49.6. The van der Waals surface area contributed by atoms with Crippen LogP contribution in [0.1, 0.15) is 103 Å². The molecule has 1 spiro atoms. The number of Topliss-reactive ketones (excluding diaryl/α,β-unsaturated/α-hetero) is 2. The van der Waals surface area contributed by atoms with Crippen molar-refractivity contribution in [3.05, 3.63) is 57.7 Å². The number of esters is 1. The summed E-state index contributed by atoms with van der Waals surface area (Å²) < 4.78 is 84.2. The highest BCUT2D eigenvalue weighted by Crippen LogP contribution is 2.72. The number of ether oxygens (including phenoxy) is 5. The van der Waals surface area contributed by atoms with Gasteiger partial charge in [0.15, 0.2) is 28.5 Å². The molecule has 4 N–H and O–H groups in total. The molecule has 4 aliphatic heterocycles. The van der Waals surface area contributed by atoms with Gasteiger partial charge in [-0.15, -0.1) is 0 Å². The molecular formula is C43H58NO18P3. The summed E-state index contributed by atoms with van der Waals surface area (Å²) in [5.74, 6) is -5.08. The van der Waals surface area contributed by atoms with Crippen molar-refractivity contribution in [3.63, 3.8) is 0 Å². The highest BCUT2D eigenvalue weighted by atomic mass is 31.3. The van der Waals surface area contributed by atoms with Gasteiger partial charge in [0, 0.05) is 48.5 Å². The van der Waals surface area contributed by atoms with Crippen LogP contribution in [0.2, 0.25) is 0 Å². The van der Waals surface area contributed by atoms with Gasteiger partial charge in [0.05, 0.1) is 37.4 Å². The van der Waals surface area contributed by atoms with Crippen molar-refractivity contribution in [1.29, 1.82) is 0 Å². The van der Waals surface area contributed by atoms with E-state index in [-0.39, 0.29) is 53.2 Å². The molecule has 9 atom stereocenters. The van der Waals surface area contributed by atoms with Crippen LogP contribution in [-0.4, -0.2) is 104 Å². The van der Waals surface area contributed by atoms with E-state index in [1.807, 2.05) is 65.5 Å². The van der Waals surface area contributed by atoms with Crippen molar-refractivity contribution in [2.75, 3.05) is 33.4 Å². The number of morpholine rings is 1. The third-order valence-electron chi connectivity index (χ3n) is 13.3. The third kappa shape index (κ3) is 8.98. The van der Waals surface area contributed by atoms with Crippen LogP contribution in [0.3, 0.4) is 0 Å². The molecule has 9 unspecified atom stereocenters. The standard InChI is InChI=1S/C43H58NO18P3/c1-24(2)11-10-16-41(8)17-15-28-35(57-41)27(13-12-25(3)4)36-31(37(28)59-64(51,52)62-65(53,54)61-63(48,49)50)34(45)32-33(44-19-21-56-22-20-44)29-23-30-40(6,7)60-42(38(29)46,43(30,32)58-36)18-14-26(5)39(47)55-9/h11-12,14-15,17,29-30,32-33H,10,13,16,18-23H2,1-9H3,(H,51,52)(H,53,54)(H2,48,49,50)/b26-14-. The Morgan fingerprint density at radius 3 is 2.18 bits per heavy atom. The lowest BCUT2D eigenvalue weighted by atomic mass is 9.44. The van der Waals surface area contributed by atoms with Crippen molar-refractivity contribution < 1.29 is 84.5 Å². The molecule has 0 amide bonds. The molecule has 19 nitrogen and oxygen atoms in total. The van der Waals surface area contributed by atoms with Crippen LogP contribution in [0.15, 0.2) is 41.0 Å². The molecule has 8 rings (SSSR count). The summed E-state index contributed by atoms with van der Waals surface area (Å²) in [5.41, 5.74) is -3.76. The van der Waals surface area contributed by atoms with E-state index in [1.54, 1.807) is 18.2 Å². The highest BCUT2D eigenvalue weighted by molar-refractivity contribution is 7.66. The number of hydrogen-bond acceptors (Lipinski definition) is 15.